The van der Waals surface area contributed by atoms with Gasteiger partial charge in [-0.25, -0.2) is 0 Å². The molecule has 0 unspecified atom stereocenters. The van der Waals surface area contributed by atoms with Crippen molar-refractivity contribution >= 4 is 12.4 Å². The summed E-state index contributed by atoms with van der Waals surface area (Å²) < 4.78 is 0. The highest BCUT2D eigenvalue weighted by Crippen LogP contribution is 1.96. The van der Waals surface area contributed by atoms with Crippen molar-refractivity contribution in [1.29, 1.82) is 0 Å². The number of aromatic nitrogens is 1. The fraction of sp³-hybridized carbons (Fsp3) is 0. The van der Waals surface area contributed by atoms with Crippen LogP contribution in [0.3, 0.4) is 0 Å². The molecule has 56 valence electrons. The van der Waals surface area contributed by atoms with Gasteiger partial charge in [-0.3, -0.25) is 9.78 Å². The maximum atomic E-state index is 10.1. The van der Waals surface area contributed by atoms with Crippen LogP contribution >= 0.6 is 0 Å². The molecule has 1 heterocycles. The highest BCUT2D eigenvalue weighted by Gasteiger charge is 1.87. The molecule has 3 nitrogen and oxygen atoms in total. The van der Waals surface area contributed by atoms with Crippen LogP contribution in [0.25, 0.3) is 6.08 Å². The van der Waals surface area contributed by atoms with E-state index in [9.17, 15) is 4.79 Å². The number of hydrogen-bond acceptors (Lipinski definition) is 3. The van der Waals surface area contributed by atoms with Crippen molar-refractivity contribution in [1.82, 2.24) is 4.98 Å². The summed E-state index contributed by atoms with van der Waals surface area (Å²) in [6, 6.07) is 5.40. The van der Waals surface area contributed by atoms with E-state index in [-0.39, 0.29) is 5.70 Å². The highest BCUT2D eigenvalue weighted by atomic mass is 16.1. The molecule has 0 aromatic carbocycles. The van der Waals surface area contributed by atoms with E-state index in [1.165, 1.54) is 6.08 Å². The highest BCUT2D eigenvalue weighted by molar-refractivity contribution is 5.79. The van der Waals surface area contributed by atoms with Gasteiger partial charge in [0.15, 0.2) is 6.29 Å². The van der Waals surface area contributed by atoms with Crippen LogP contribution in [-0.2, 0) is 4.79 Å². The van der Waals surface area contributed by atoms with Crippen molar-refractivity contribution < 1.29 is 4.79 Å². The SMILES string of the molecule is N/C(C=O)=C\c1ccccn1. The molecule has 0 aliphatic rings. The van der Waals surface area contributed by atoms with Gasteiger partial charge in [-0.1, -0.05) is 6.07 Å². The number of hydrogen-bond donors (Lipinski definition) is 1. The first kappa shape index (κ1) is 7.47. The Bertz CT molecular complexity index is 267. The number of nitrogens with zero attached hydrogens (tertiary/aromatic N) is 1. The summed E-state index contributed by atoms with van der Waals surface area (Å²) in [4.78, 5) is 14.0. The normalized spacial score (nSPS) is 11.1. The minimum atomic E-state index is 0.184. The van der Waals surface area contributed by atoms with Crippen LogP contribution in [0.1, 0.15) is 5.69 Å². The zero-order valence-corrected chi connectivity index (χ0v) is 5.90. The Balaban J connectivity index is 2.87. The van der Waals surface area contributed by atoms with Crippen molar-refractivity contribution in [2.24, 2.45) is 5.73 Å². The molecule has 0 radical (unpaired) electrons. The quantitative estimate of drug-likeness (QED) is 0.493. The number of aldehydes is 1. The van der Waals surface area contributed by atoms with Gasteiger partial charge < -0.3 is 5.73 Å². The van der Waals surface area contributed by atoms with Gasteiger partial charge in [0.05, 0.1) is 11.4 Å². The maximum absolute atomic E-state index is 10.1. The Morgan fingerprint density at radius 1 is 1.55 bits per heavy atom. The number of pyridine rings is 1. The molecule has 0 spiro atoms. The molecule has 1 rings (SSSR count). The number of carbonyl (C=O) groups is 1. The van der Waals surface area contributed by atoms with Crippen LogP contribution in [-0.4, -0.2) is 11.3 Å². The fourth-order valence-electron chi connectivity index (χ4n) is 0.666. The minimum Gasteiger partial charge on any atom is -0.396 e. The Morgan fingerprint density at radius 3 is 2.91 bits per heavy atom. The molecule has 0 fully saturated rings. The molecule has 0 saturated heterocycles. The summed E-state index contributed by atoms with van der Waals surface area (Å²) in [7, 11) is 0. The van der Waals surface area contributed by atoms with Crippen molar-refractivity contribution in [2.45, 2.75) is 0 Å². The first-order valence-electron chi connectivity index (χ1n) is 3.16. The van der Waals surface area contributed by atoms with Gasteiger partial charge in [0, 0.05) is 6.20 Å². The van der Waals surface area contributed by atoms with Crippen LogP contribution in [0.2, 0.25) is 0 Å². The first-order chi connectivity index (χ1) is 5.33. The van der Waals surface area contributed by atoms with E-state index < -0.39 is 0 Å². The molecular weight excluding hydrogens is 140 g/mol. The smallest absolute Gasteiger partial charge is 0.165 e. The molecule has 0 atom stereocenters. The number of allylic oxidation sites excluding steroid dienone is 1. The standard InChI is InChI=1S/C8H8N2O/c9-7(6-11)5-8-3-1-2-4-10-8/h1-6H,9H2/b7-5-. The molecule has 2 N–H and O–H groups in total. The van der Waals surface area contributed by atoms with Gasteiger partial charge >= 0.3 is 0 Å². The average Bonchev–Trinajstić information content (AvgIpc) is 2.06. The van der Waals surface area contributed by atoms with Crippen molar-refractivity contribution in [3.63, 3.8) is 0 Å². The Kier molecular flexibility index (Phi) is 2.38. The Hall–Kier alpha value is -1.64. The molecule has 0 saturated carbocycles. The van der Waals surface area contributed by atoms with E-state index in [1.807, 2.05) is 6.07 Å². The Labute approximate surface area is 64.6 Å². The molecule has 0 aliphatic carbocycles. The van der Waals surface area contributed by atoms with Crippen molar-refractivity contribution in [2.75, 3.05) is 0 Å². The summed E-state index contributed by atoms with van der Waals surface area (Å²) in [6.07, 6.45) is 3.76. The lowest BCUT2D eigenvalue weighted by molar-refractivity contribution is -0.104. The van der Waals surface area contributed by atoms with Crippen LogP contribution in [0, 0.1) is 0 Å². The second-order valence-corrected chi connectivity index (χ2v) is 2.02. The second-order valence-electron chi connectivity index (χ2n) is 2.02. The summed E-state index contributed by atoms with van der Waals surface area (Å²) in [5.74, 6) is 0. The summed E-state index contributed by atoms with van der Waals surface area (Å²) in [6.45, 7) is 0. The largest absolute Gasteiger partial charge is 0.396 e. The summed E-state index contributed by atoms with van der Waals surface area (Å²) in [5.41, 5.74) is 6.13. The fourth-order valence-corrected chi connectivity index (χ4v) is 0.666. The van der Waals surface area contributed by atoms with Gasteiger partial charge in [0.1, 0.15) is 0 Å². The maximum Gasteiger partial charge on any atom is 0.165 e. The van der Waals surface area contributed by atoms with E-state index in [4.69, 9.17) is 5.73 Å². The van der Waals surface area contributed by atoms with Crippen molar-refractivity contribution in [3.05, 3.63) is 35.8 Å². The topological polar surface area (TPSA) is 56.0 Å². The number of carbonyl (C=O) groups excluding carboxylic acids is 1. The molecule has 0 aliphatic heterocycles. The van der Waals surface area contributed by atoms with Crippen molar-refractivity contribution in [3.8, 4) is 0 Å². The number of rotatable bonds is 2. The molecule has 11 heavy (non-hydrogen) atoms. The molecule has 1 aromatic heterocycles. The zero-order valence-electron chi connectivity index (χ0n) is 5.90. The first-order valence-corrected chi connectivity index (χ1v) is 3.16. The van der Waals surface area contributed by atoms with Crippen LogP contribution in [0.4, 0.5) is 0 Å². The minimum absolute atomic E-state index is 0.184. The predicted octanol–water partition coefficient (Wildman–Crippen LogP) is 0.580. The monoisotopic (exact) mass is 148 g/mol. The lowest BCUT2D eigenvalue weighted by atomic mass is 10.3. The summed E-state index contributed by atoms with van der Waals surface area (Å²) in [5, 5.41) is 0. The predicted molar refractivity (Wildman–Crippen MR) is 42.5 cm³/mol. The van der Waals surface area contributed by atoms with E-state index in [0.29, 0.717) is 12.0 Å². The van der Waals surface area contributed by atoms with Gasteiger partial charge in [-0.05, 0) is 18.2 Å². The zero-order chi connectivity index (χ0) is 8.10. The van der Waals surface area contributed by atoms with Gasteiger partial charge in [-0.2, -0.15) is 0 Å². The van der Waals surface area contributed by atoms with E-state index >= 15 is 0 Å². The van der Waals surface area contributed by atoms with Gasteiger partial charge in [0.2, 0.25) is 0 Å². The molecule has 3 heteroatoms. The van der Waals surface area contributed by atoms with Crippen LogP contribution < -0.4 is 5.73 Å². The average molecular weight is 148 g/mol. The van der Waals surface area contributed by atoms with Gasteiger partial charge in [0.25, 0.3) is 0 Å². The lowest BCUT2D eigenvalue weighted by Gasteiger charge is -1.90. The molecular formula is C8H8N2O. The second kappa shape index (κ2) is 3.51. The Morgan fingerprint density at radius 2 is 2.36 bits per heavy atom. The lowest BCUT2D eigenvalue weighted by Crippen LogP contribution is -1.97. The van der Waals surface area contributed by atoms with E-state index in [1.54, 1.807) is 18.3 Å². The third-order valence-corrected chi connectivity index (χ3v) is 1.14. The summed E-state index contributed by atoms with van der Waals surface area (Å²) >= 11 is 0. The van der Waals surface area contributed by atoms with Gasteiger partial charge in [-0.15, -0.1) is 0 Å². The molecule has 0 amide bonds. The van der Waals surface area contributed by atoms with Crippen LogP contribution in [0.15, 0.2) is 30.1 Å². The number of nitrogens with two attached hydrogens (primary N) is 1. The molecule has 0 bridgehead atoms. The van der Waals surface area contributed by atoms with E-state index in [2.05, 4.69) is 4.98 Å². The molecule has 1 aromatic rings. The van der Waals surface area contributed by atoms with Crippen LogP contribution in [0.5, 0.6) is 0 Å². The van der Waals surface area contributed by atoms with E-state index in [0.717, 1.165) is 0 Å². The third kappa shape index (κ3) is 2.21. The third-order valence-electron chi connectivity index (χ3n) is 1.14.